The normalized spacial score (nSPS) is 10.9. The van der Waals surface area contributed by atoms with Crippen LogP contribution < -0.4 is 15.4 Å². The molecule has 0 spiro atoms. The van der Waals surface area contributed by atoms with Gasteiger partial charge in [-0.05, 0) is 24.3 Å². The number of ether oxygens (including phenoxy) is 1. The van der Waals surface area contributed by atoms with E-state index in [1.807, 2.05) is 6.07 Å². The predicted octanol–water partition coefficient (Wildman–Crippen LogP) is 3.64. The van der Waals surface area contributed by atoms with Crippen LogP contribution >= 0.6 is 0 Å². The average molecular weight is 310 g/mol. The summed E-state index contributed by atoms with van der Waals surface area (Å²) in [4.78, 5) is 11.7. The Bertz CT molecular complexity index is 630. The van der Waals surface area contributed by atoms with Gasteiger partial charge in [-0.15, -0.1) is 13.2 Å². The molecule has 0 radical (unpaired) electrons. The van der Waals surface area contributed by atoms with Crippen LogP contribution in [0.4, 0.5) is 24.5 Å². The maximum absolute atomic E-state index is 12.1. The minimum absolute atomic E-state index is 0.0790. The largest absolute Gasteiger partial charge is 0.573 e. The Kier molecular flexibility index (Phi) is 4.88. The molecule has 0 aliphatic rings. The second kappa shape index (κ2) is 6.84. The average Bonchev–Trinajstić information content (AvgIpc) is 2.45. The number of carbonyl (C=O) groups is 1. The molecule has 0 unspecified atom stereocenters. The van der Waals surface area contributed by atoms with Gasteiger partial charge in [-0.1, -0.05) is 24.3 Å². The number of alkyl halides is 3. The van der Waals surface area contributed by atoms with Gasteiger partial charge in [0.05, 0.1) is 6.54 Å². The quantitative estimate of drug-likeness (QED) is 0.886. The van der Waals surface area contributed by atoms with Gasteiger partial charge < -0.3 is 15.4 Å². The minimum atomic E-state index is -4.75. The first kappa shape index (κ1) is 15.7. The monoisotopic (exact) mass is 310 g/mol. The molecule has 22 heavy (non-hydrogen) atoms. The highest BCUT2D eigenvalue weighted by Gasteiger charge is 2.31. The Labute approximate surface area is 124 Å². The fourth-order valence-electron chi connectivity index (χ4n) is 1.71. The molecule has 116 valence electrons. The molecule has 0 atom stereocenters. The molecule has 0 saturated heterocycles. The molecule has 2 rings (SSSR count). The molecule has 0 aromatic heterocycles. The zero-order valence-corrected chi connectivity index (χ0v) is 11.4. The third kappa shape index (κ3) is 5.35. The summed E-state index contributed by atoms with van der Waals surface area (Å²) in [6.07, 6.45) is -4.75. The summed E-state index contributed by atoms with van der Waals surface area (Å²) in [5.41, 5.74) is 0.994. The summed E-state index contributed by atoms with van der Waals surface area (Å²) >= 11 is 0. The van der Waals surface area contributed by atoms with Crippen LogP contribution in [-0.4, -0.2) is 18.8 Å². The number of rotatable bonds is 5. The lowest BCUT2D eigenvalue weighted by Gasteiger charge is -2.11. The van der Waals surface area contributed by atoms with Crippen LogP contribution in [0.15, 0.2) is 54.6 Å². The molecule has 2 N–H and O–H groups in total. The van der Waals surface area contributed by atoms with Crippen molar-refractivity contribution in [2.24, 2.45) is 0 Å². The van der Waals surface area contributed by atoms with Gasteiger partial charge in [0.1, 0.15) is 5.75 Å². The van der Waals surface area contributed by atoms with Crippen molar-refractivity contribution in [1.29, 1.82) is 0 Å². The number of halogens is 3. The van der Waals surface area contributed by atoms with Crippen molar-refractivity contribution in [2.45, 2.75) is 6.36 Å². The molecular weight excluding hydrogens is 297 g/mol. The Hall–Kier alpha value is -2.70. The van der Waals surface area contributed by atoms with E-state index in [1.54, 1.807) is 30.3 Å². The van der Waals surface area contributed by atoms with Gasteiger partial charge in [0, 0.05) is 17.4 Å². The van der Waals surface area contributed by atoms with E-state index in [-0.39, 0.29) is 18.2 Å². The smallest absolute Gasteiger partial charge is 0.406 e. The molecule has 0 aliphatic heterocycles. The van der Waals surface area contributed by atoms with Crippen LogP contribution in [0, 0.1) is 0 Å². The van der Waals surface area contributed by atoms with Crippen molar-refractivity contribution in [1.82, 2.24) is 0 Å². The summed E-state index contributed by atoms with van der Waals surface area (Å²) in [5.74, 6) is -0.658. The van der Waals surface area contributed by atoms with Crippen LogP contribution in [0.5, 0.6) is 5.75 Å². The number of hydrogen-bond donors (Lipinski definition) is 2. The van der Waals surface area contributed by atoms with Gasteiger partial charge in [0.15, 0.2) is 0 Å². The lowest BCUT2D eigenvalue weighted by atomic mass is 10.3. The van der Waals surface area contributed by atoms with Crippen LogP contribution in [0.25, 0.3) is 0 Å². The highest BCUT2D eigenvalue weighted by molar-refractivity contribution is 5.93. The van der Waals surface area contributed by atoms with Crippen molar-refractivity contribution in [3.05, 3.63) is 54.6 Å². The third-order valence-corrected chi connectivity index (χ3v) is 2.58. The Morgan fingerprint density at radius 2 is 1.68 bits per heavy atom. The Morgan fingerprint density at radius 1 is 1.00 bits per heavy atom. The number of hydrogen-bond acceptors (Lipinski definition) is 3. The lowest BCUT2D eigenvalue weighted by molar-refractivity contribution is -0.274. The first-order valence-corrected chi connectivity index (χ1v) is 6.37. The number of nitrogens with one attached hydrogen (secondary N) is 2. The van der Waals surface area contributed by atoms with E-state index in [1.165, 1.54) is 18.2 Å². The number of anilines is 2. The lowest BCUT2D eigenvalue weighted by Crippen LogP contribution is -2.22. The standard InChI is InChI=1S/C15H13F3N2O2/c16-15(17,18)22-13-8-4-7-12(9-13)19-10-14(21)20-11-5-2-1-3-6-11/h1-9,19H,10H2,(H,20,21). The number of amides is 1. The van der Waals surface area contributed by atoms with E-state index in [0.717, 1.165) is 0 Å². The minimum Gasteiger partial charge on any atom is -0.406 e. The van der Waals surface area contributed by atoms with E-state index >= 15 is 0 Å². The maximum Gasteiger partial charge on any atom is 0.573 e. The van der Waals surface area contributed by atoms with Crippen molar-refractivity contribution in [2.75, 3.05) is 17.2 Å². The number of carbonyl (C=O) groups excluding carboxylic acids is 1. The van der Waals surface area contributed by atoms with Crippen molar-refractivity contribution in [3.63, 3.8) is 0 Å². The predicted molar refractivity (Wildman–Crippen MR) is 76.7 cm³/mol. The van der Waals surface area contributed by atoms with Crippen LogP contribution in [-0.2, 0) is 4.79 Å². The zero-order chi connectivity index (χ0) is 16.0. The van der Waals surface area contributed by atoms with Crippen LogP contribution in [0.2, 0.25) is 0 Å². The summed E-state index contributed by atoms with van der Waals surface area (Å²) in [6.45, 7) is -0.0790. The van der Waals surface area contributed by atoms with Crippen molar-refractivity contribution < 1.29 is 22.7 Å². The molecule has 4 nitrogen and oxygen atoms in total. The maximum atomic E-state index is 12.1. The molecule has 0 fully saturated rings. The van der Waals surface area contributed by atoms with Gasteiger partial charge in [-0.3, -0.25) is 4.79 Å². The summed E-state index contributed by atoms with van der Waals surface area (Å²) in [5, 5.41) is 5.38. The third-order valence-electron chi connectivity index (χ3n) is 2.58. The topological polar surface area (TPSA) is 50.4 Å². The molecular formula is C15H13F3N2O2. The Balaban J connectivity index is 1.89. The molecule has 7 heteroatoms. The fraction of sp³-hybridized carbons (Fsp3) is 0.133. The summed E-state index contributed by atoms with van der Waals surface area (Å²) < 4.78 is 40.2. The van der Waals surface area contributed by atoms with Gasteiger partial charge in [-0.2, -0.15) is 0 Å². The van der Waals surface area contributed by atoms with Crippen molar-refractivity contribution >= 4 is 17.3 Å². The SMILES string of the molecule is O=C(CNc1cccc(OC(F)(F)F)c1)Nc1ccccc1. The van der Waals surface area contributed by atoms with E-state index in [2.05, 4.69) is 15.4 Å². The molecule has 0 saturated carbocycles. The zero-order valence-electron chi connectivity index (χ0n) is 11.4. The second-order valence-electron chi connectivity index (χ2n) is 4.34. The molecule has 0 aliphatic carbocycles. The molecule has 2 aromatic carbocycles. The highest BCUT2D eigenvalue weighted by Crippen LogP contribution is 2.24. The highest BCUT2D eigenvalue weighted by atomic mass is 19.4. The molecule has 2 aromatic rings. The summed E-state index contributed by atoms with van der Waals surface area (Å²) in [7, 11) is 0. The van der Waals surface area contributed by atoms with Crippen LogP contribution in [0.3, 0.4) is 0 Å². The van der Waals surface area contributed by atoms with Crippen LogP contribution in [0.1, 0.15) is 0 Å². The second-order valence-corrected chi connectivity index (χ2v) is 4.34. The fourth-order valence-corrected chi connectivity index (χ4v) is 1.71. The van der Waals surface area contributed by atoms with Gasteiger partial charge in [-0.25, -0.2) is 0 Å². The first-order chi connectivity index (χ1) is 10.4. The van der Waals surface area contributed by atoms with Crippen molar-refractivity contribution in [3.8, 4) is 5.75 Å². The first-order valence-electron chi connectivity index (χ1n) is 6.37. The summed E-state index contributed by atoms with van der Waals surface area (Å²) in [6, 6.07) is 14.1. The van der Waals surface area contributed by atoms with Gasteiger partial charge in [0.25, 0.3) is 0 Å². The molecule has 0 bridgehead atoms. The van der Waals surface area contributed by atoms with Gasteiger partial charge >= 0.3 is 6.36 Å². The van der Waals surface area contributed by atoms with E-state index in [9.17, 15) is 18.0 Å². The number of benzene rings is 2. The molecule has 1 amide bonds. The number of para-hydroxylation sites is 1. The Morgan fingerprint density at radius 3 is 2.36 bits per heavy atom. The van der Waals surface area contributed by atoms with E-state index in [0.29, 0.717) is 11.4 Å². The van der Waals surface area contributed by atoms with Gasteiger partial charge in [0.2, 0.25) is 5.91 Å². The molecule has 0 heterocycles. The van der Waals surface area contributed by atoms with E-state index in [4.69, 9.17) is 0 Å². The van der Waals surface area contributed by atoms with E-state index < -0.39 is 6.36 Å².